The van der Waals surface area contributed by atoms with Crippen LogP contribution in [0.5, 0.6) is 5.75 Å². The van der Waals surface area contributed by atoms with Gasteiger partial charge < -0.3 is 10.5 Å². The fourth-order valence-corrected chi connectivity index (χ4v) is 1.88. The normalized spacial score (nSPS) is 17.2. The van der Waals surface area contributed by atoms with Gasteiger partial charge in [0, 0.05) is 11.6 Å². The molecule has 2 N–H and O–H groups in total. The van der Waals surface area contributed by atoms with E-state index in [1.54, 1.807) is 0 Å². The van der Waals surface area contributed by atoms with Crippen molar-refractivity contribution in [2.75, 3.05) is 6.61 Å². The van der Waals surface area contributed by atoms with Crippen LogP contribution in [0.2, 0.25) is 0 Å². The molecule has 0 saturated heterocycles. The molecule has 0 radical (unpaired) electrons. The van der Waals surface area contributed by atoms with Crippen molar-refractivity contribution in [3.05, 3.63) is 29.3 Å². The van der Waals surface area contributed by atoms with Crippen LogP contribution in [0.1, 0.15) is 43.4 Å². The SMILES string of the molecule is Cc1ccc(C(C)N)c(OCCC2CC2)c1. The van der Waals surface area contributed by atoms with Crippen molar-refractivity contribution >= 4 is 0 Å². The average Bonchev–Trinajstić information content (AvgIpc) is 3.01. The molecule has 0 spiro atoms. The van der Waals surface area contributed by atoms with E-state index >= 15 is 0 Å². The molecule has 1 atom stereocenters. The number of aryl methyl sites for hydroxylation is 1. The van der Waals surface area contributed by atoms with E-state index in [-0.39, 0.29) is 6.04 Å². The van der Waals surface area contributed by atoms with Gasteiger partial charge in [0.1, 0.15) is 5.75 Å². The average molecular weight is 219 g/mol. The molecule has 0 amide bonds. The Balaban J connectivity index is 2.00. The largest absolute Gasteiger partial charge is 0.493 e. The van der Waals surface area contributed by atoms with Crippen LogP contribution < -0.4 is 10.5 Å². The molecular formula is C14H21NO. The number of ether oxygens (including phenoxy) is 1. The Kier molecular flexibility index (Phi) is 3.49. The first-order chi connectivity index (χ1) is 7.66. The predicted octanol–water partition coefficient (Wildman–Crippen LogP) is 3.19. The topological polar surface area (TPSA) is 35.2 Å². The molecule has 0 bridgehead atoms. The fraction of sp³-hybridized carbons (Fsp3) is 0.571. The van der Waals surface area contributed by atoms with Crippen molar-refractivity contribution < 1.29 is 4.74 Å². The molecule has 2 nitrogen and oxygen atoms in total. The minimum absolute atomic E-state index is 0.0384. The minimum atomic E-state index is 0.0384. The molecular weight excluding hydrogens is 198 g/mol. The molecule has 1 aliphatic rings. The molecule has 0 aromatic heterocycles. The molecule has 2 heteroatoms. The zero-order chi connectivity index (χ0) is 11.5. The molecule has 1 aliphatic carbocycles. The van der Waals surface area contributed by atoms with Gasteiger partial charge in [-0.2, -0.15) is 0 Å². The highest BCUT2D eigenvalue weighted by Crippen LogP contribution is 2.33. The van der Waals surface area contributed by atoms with Crippen LogP contribution in [0.25, 0.3) is 0 Å². The van der Waals surface area contributed by atoms with E-state index < -0.39 is 0 Å². The van der Waals surface area contributed by atoms with Crippen molar-refractivity contribution in [3.8, 4) is 5.75 Å². The number of rotatable bonds is 5. The number of hydrogen-bond acceptors (Lipinski definition) is 2. The third kappa shape index (κ3) is 2.99. The van der Waals surface area contributed by atoms with E-state index in [1.165, 1.54) is 24.8 Å². The van der Waals surface area contributed by atoms with E-state index in [0.717, 1.165) is 23.8 Å². The molecule has 1 aromatic rings. The van der Waals surface area contributed by atoms with Crippen molar-refractivity contribution in [1.82, 2.24) is 0 Å². The third-order valence-electron chi connectivity index (χ3n) is 3.14. The molecule has 1 fully saturated rings. The maximum atomic E-state index is 5.93. The van der Waals surface area contributed by atoms with E-state index in [0.29, 0.717) is 0 Å². The van der Waals surface area contributed by atoms with Gasteiger partial charge in [0.25, 0.3) is 0 Å². The van der Waals surface area contributed by atoms with Gasteiger partial charge in [-0.25, -0.2) is 0 Å². The van der Waals surface area contributed by atoms with Crippen LogP contribution in [-0.4, -0.2) is 6.61 Å². The monoisotopic (exact) mass is 219 g/mol. The van der Waals surface area contributed by atoms with Gasteiger partial charge in [0.15, 0.2) is 0 Å². The highest BCUT2D eigenvalue weighted by atomic mass is 16.5. The Bertz CT molecular complexity index is 356. The lowest BCUT2D eigenvalue weighted by molar-refractivity contribution is 0.298. The van der Waals surface area contributed by atoms with E-state index in [9.17, 15) is 0 Å². The highest BCUT2D eigenvalue weighted by molar-refractivity contribution is 5.38. The number of nitrogens with two attached hydrogens (primary N) is 1. The maximum Gasteiger partial charge on any atom is 0.124 e. The first-order valence-corrected chi connectivity index (χ1v) is 6.15. The van der Waals surface area contributed by atoms with E-state index in [4.69, 9.17) is 10.5 Å². The van der Waals surface area contributed by atoms with Crippen LogP contribution in [-0.2, 0) is 0 Å². The Morgan fingerprint density at radius 1 is 1.44 bits per heavy atom. The highest BCUT2D eigenvalue weighted by Gasteiger charge is 2.21. The van der Waals surface area contributed by atoms with Crippen molar-refractivity contribution in [3.63, 3.8) is 0 Å². The van der Waals surface area contributed by atoms with Gasteiger partial charge in [0.2, 0.25) is 0 Å². The van der Waals surface area contributed by atoms with Crippen LogP contribution in [0, 0.1) is 12.8 Å². The summed E-state index contributed by atoms with van der Waals surface area (Å²) in [5.74, 6) is 1.89. The van der Waals surface area contributed by atoms with E-state index in [1.807, 2.05) is 6.92 Å². The second-order valence-electron chi connectivity index (χ2n) is 4.91. The zero-order valence-electron chi connectivity index (χ0n) is 10.2. The van der Waals surface area contributed by atoms with Gasteiger partial charge in [-0.3, -0.25) is 0 Å². The summed E-state index contributed by atoms with van der Waals surface area (Å²) >= 11 is 0. The van der Waals surface area contributed by atoms with Crippen LogP contribution in [0.15, 0.2) is 18.2 Å². The first-order valence-electron chi connectivity index (χ1n) is 6.15. The zero-order valence-corrected chi connectivity index (χ0v) is 10.2. The third-order valence-corrected chi connectivity index (χ3v) is 3.14. The van der Waals surface area contributed by atoms with Gasteiger partial charge in [-0.15, -0.1) is 0 Å². The summed E-state index contributed by atoms with van der Waals surface area (Å²) in [7, 11) is 0. The summed E-state index contributed by atoms with van der Waals surface area (Å²) in [6.45, 7) is 4.91. The molecule has 2 rings (SSSR count). The Hall–Kier alpha value is -1.02. The standard InChI is InChI=1S/C14H21NO/c1-10-3-6-13(11(2)15)14(9-10)16-8-7-12-4-5-12/h3,6,9,11-12H,4-5,7-8,15H2,1-2H3. The summed E-state index contributed by atoms with van der Waals surface area (Å²) in [4.78, 5) is 0. The molecule has 88 valence electrons. The fourth-order valence-electron chi connectivity index (χ4n) is 1.88. The smallest absolute Gasteiger partial charge is 0.124 e. The van der Waals surface area contributed by atoms with Crippen LogP contribution in [0.4, 0.5) is 0 Å². The van der Waals surface area contributed by atoms with Crippen molar-refractivity contribution in [1.29, 1.82) is 0 Å². The van der Waals surface area contributed by atoms with Crippen LogP contribution >= 0.6 is 0 Å². The summed E-state index contributed by atoms with van der Waals surface area (Å²) in [6, 6.07) is 6.29. The summed E-state index contributed by atoms with van der Waals surface area (Å²) < 4.78 is 5.85. The second-order valence-corrected chi connectivity index (χ2v) is 4.91. The van der Waals surface area contributed by atoms with Gasteiger partial charge in [-0.1, -0.05) is 25.0 Å². The van der Waals surface area contributed by atoms with Gasteiger partial charge in [-0.05, 0) is 37.8 Å². The van der Waals surface area contributed by atoms with Gasteiger partial charge in [0.05, 0.1) is 6.61 Å². The minimum Gasteiger partial charge on any atom is -0.493 e. The van der Waals surface area contributed by atoms with Crippen LogP contribution in [0.3, 0.4) is 0 Å². The quantitative estimate of drug-likeness (QED) is 0.825. The second kappa shape index (κ2) is 4.88. The van der Waals surface area contributed by atoms with Crippen molar-refractivity contribution in [2.24, 2.45) is 11.7 Å². The summed E-state index contributed by atoms with van der Waals surface area (Å²) in [5.41, 5.74) is 8.27. The van der Waals surface area contributed by atoms with E-state index in [2.05, 4.69) is 25.1 Å². The molecule has 0 aliphatic heterocycles. The molecule has 1 saturated carbocycles. The Morgan fingerprint density at radius 2 is 2.19 bits per heavy atom. The molecule has 0 heterocycles. The summed E-state index contributed by atoms with van der Waals surface area (Å²) in [5, 5.41) is 0. The molecule has 1 unspecified atom stereocenters. The lowest BCUT2D eigenvalue weighted by Gasteiger charge is -2.14. The predicted molar refractivity (Wildman–Crippen MR) is 66.6 cm³/mol. The maximum absolute atomic E-state index is 5.93. The molecule has 16 heavy (non-hydrogen) atoms. The number of hydrogen-bond donors (Lipinski definition) is 1. The van der Waals surface area contributed by atoms with Gasteiger partial charge >= 0.3 is 0 Å². The molecule has 1 aromatic carbocycles. The summed E-state index contributed by atoms with van der Waals surface area (Å²) in [6.07, 6.45) is 3.96. The lowest BCUT2D eigenvalue weighted by atomic mass is 10.1. The lowest BCUT2D eigenvalue weighted by Crippen LogP contribution is -2.09. The van der Waals surface area contributed by atoms with Crippen molar-refractivity contribution in [2.45, 2.75) is 39.2 Å². The number of benzene rings is 1. The Morgan fingerprint density at radius 3 is 2.81 bits per heavy atom. The Labute approximate surface area is 97.8 Å². The first kappa shape index (κ1) is 11.5.